The van der Waals surface area contributed by atoms with Gasteiger partial charge in [0.15, 0.2) is 0 Å². The van der Waals surface area contributed by atoms with Crippen LogP contribution in [0.25, 0.3) is 16.6 Å². The second kappa shape index (κ2) is 4.74. The van der Waals surface area contributed by atoms with E-state index in [4.69, 9.17) is 10.5 Å². The lowest BCUT2D eigenvalue weighted by atomic mass is 10.1. The SMILES string of the molecule is COC(=O)c1ccc2c(ccn2-c2cccc(N)c2)c1. The third-order valence-corrected chi connectivity index (χ3v) is 3.26. The van der Waals surface area contributed by atoms with Crippen molar-refractivity contribution < 1.29 is 9.53 Å². The zero-order valence-corrected chi connectivity index (χ0v) is 11.0. The van der Waals surface area contributed by atoms with Crippen LogP contribution in [0.3, 0.4) is 0 Å². The summed E-state index contributed by atoms with van der Waals surface area (Å²) in [5.74, 6) is -0.330. The van der Waals surface area contributed by atoms with E-state index >= 15 is 0 Å². The molecule has 2 N–H and O–H groups in total. The van der Waals surface area contributed by atoms with Gasteiger partial charge in [0, 0.05) is 23.0 Å². The smallest absolute Gasteiger partial charge is 0.337 e. The number of esters is 1. The predicted molar refractivity (Wildman–Crippen MR) is 79.0 cm³/mol. The number of nitrogen functional groups attached to an aromatic ring is 1. The molecule has 4 nitrogen and oxygen atoms in total. The van der Waals surface area contributed by atoms with Crippen molar-refractivity contribution in [3.05, 3.63) is 60.3 Å². The Balaban J connectivity index is 2.13. The highest BCUT2D eigenvalue weighted by Crippen LogP contribution is 2.23. The van der Waals surface area contributed by atoms with Crippen LogP contribution in [0.1, 0.15) is 10.4 Å². The van der Waals surface area contributed by atoms with Gasteiger partial charge in [-0.1, -0.05) is 6.07 Å². The van der Waals surface area contributed by atoms with Crippen LogP contribution in [-0.4, -0.2) is 17.6 Å². The minimum Gasteiger partial charge on any atom is -0.465 e. The van der Waals surface area contributed by atoms with E-state index < -0.39 is 0 Å². The van der Waals surface area contributed by atoms with Crippen molar-refractivity contribution in [2.24, 2.45) is 0 Å². The van der Waals surface area contributed by atoms with Crippen LogP contribution in [0.4, 0.5) is 5.69 Å². The fraction of sp³-hybridized carbons (Fsp3) is 0.0625. The van der Waals surface area contributed by atoms with Gasteiger partial charge >= 0.3 is 5.97 Å². The van der Waals surface area contributed by atoms with E-state index in [0.717, 1.165) is 22.3 Å². The zero-order valence-electron chi connectivity index (χ0n) is 11.0. The largest absolute Gasteiger partial charge is 0.465 e. The molecule has 1 aromatic heterocycles. The monoisotopic (exact) mass is 266 g/mol. The first-order valence-electron chi connectivity index (χ1n) is 6.24. The molecule has 0 bridgehead atoms. The third kappa shape index (κ3) is 2.01. The second-order valence-corrected chi connectivity index (χ2v) is 4.55. The van der Waals surface area contributed by atoms with Crippen molar-refractivity contribution in [2.45, 2.75) is 0 Å². The standard InChI is InChI=1S/C16H14N2O2/c1-20-16(19)12-5-6-15-11(9-12)7-8-18(15)14-4-2-3-13(17)10-14/h2-10H,17H2,1H3. The van der Waals surface area contributed by atoms with E-state index in [1.165, 1.54) is 7.11 Å². The van der Waals surface area contributed by atoms with Gasteiger partial charge in [0.25, 0.3) is 0 Å². The van der Waals surface area contributed by atoms with Gasteiger partial charge in [0.05, 0.1) is 18.2 Å². The molecule has 0 saturated heterocycles. The van der Waals surface area contributed by atoms with E-state index in [1.54, 1.807) is 6.07 Å². The molecule has 100 valence electrons. The maximum atomic E-state index is 11.5. The number of benzene rings is 2. The highest BCUT2D eigenvalue weighted by Gasteiger charge is 2.09. The summed E-state index contributed by atoms with van der Waals surface area (Å²) in [6.07, 6.45) is 1.96. The lowest BCUT2D eigenvalue weighted by Crippen LogP contribution is -2.00. The van der Waals surface area contributed by atoms with Gasteiger partial charge < -0.3 is 15.0 Å². The molecule has 1 heterocycles. The van der Waals surface area contributed by atoms with Crippen LogP contribution in [0.5, 0.6) is 0 Å². The molecular formula is C16H14N2O2. The summed E-state index contributed by atoms with van der Waals surface area (Å²) in [7, 11) is 1.38. The first-order chi connectivity index (χ1) is 9.69. The summed E-state index contributed by atoms with van der Waals surface area (Å²) in [5, 5.41) is 0.982. The maximum absolute atomic E-state index is 11.5. The molecular weight excluding hydrogens is 252 g/mol. The number of rotatable bonds is 2. The Labute approximate surface area is 116 Å². The lowest BCUT2D eigenvalue weighted by molar-refractivity contribution is 0.0601. The van der Waals surface area contributed by atoms with Gasteiger partial charge in [-0.3, -0.25) is 0 Å². The topological polar surface area (TPSA) is 57.2 Å². The Bertz CT molecular complexity index is 790. The number of nitrogens with two attached hydrogens (primary N) is 1. The number of methoxy groups -OCH3 is 1. The van der Waals surface area contributed by atoms with Gasteiger partial charge in [-0.25, -0.2) is 4.79 Å². The van der Waals surface area contributed by atoms with Gasteiger partial charge in [0.1, 0.15) is 0 Å². The lowest BCUT2D eigenvalue weighted by Gasteiger charge is -2.07. The molecule has 0 unspecified atom stereocenters. The Hall–Kier alpha value is -2.75. The number of hydrogen-bond acceptors (Lipinski definition) is 3. The highest BCUT2D eigenvalue weighted by molar-refractivity contribution is 5.95. The molecule has 2 aromatic carbocycles. The van der Waals surface area contributed by atoms with Crippen LogP contribution >= 0.6 is 0 Å². The van der Waals surface area contributed by atoms with Crippen LogP contribution < -0.4 is 5.73 Å². The summed E-state index contributed by atoms with van der Waals surface area (Å²) in [6, 6.07) is 15.1. The van der Waals surface area contributed by atoms with E-state index in [0.29, 0.717) is 5.56 Å². The summed E-state index contributed by atoms with van der Waals surface area (Å²) in [5.41, 5.74) is 9.09. The molecule has 0 aliphatic carbocycles. The number of anilines is 1. The average molecular weight is 266 g/mol. The Morgan fingerprint density at radius 3 is 2.75 bits per heavy atom. The van der Waals surface area contributed by atoms with Crippen molar-refractivity contribution in [3.8, 4) is 5.69 Å². The fourth-order valence-corrected chi connectivity index (χ4v) is 2.29. The van der Waals surface area contributed by atoms with Crippen LogP contribution in [0, 0.1) is 0 Å². The Morgan fingerprint density at radius 2 is 2.00 bits per heavy atom. The minimum absolute atomic E-state index is 0.330. The van der Waals surface area contributed by atoms with E-state index in [1.807, 2.05) is 53.2 Å². The first kappa shape index (κ1) is 12.3. The van der Waals surface area contributed by atoms with Crippen LogP contribution in [-0.2, 0) is 4.74 Å². The number of fused-ring (bicyclic) bond motifs is 1. The molecule has 0 aliphatic heterocycles. The summed E-state index contributed by atoms with van der Waals surface area (Å²) in [6.45, 7) is 0. The van der Waals surface area contributed by atoms with E-state index in [9.17, 15) is 4.79 Å². The normalized spacial score (nSPS) is 10.7. The maximum Gasteiger partial charge on any atom is 0.337 e. The highest BCUT2D eigenvalue weighted by atomic mass is 16.5. The average Bonchev–Trinajstić information content (AvgIpc) is 2.89. The van der Waals surface area contributed by atoms with Crippen molar-refractivity contribution in [1.29, 1.82) is 0 Å². The van der Waals surface area contributed by atoms with Crippen LogP contribution in [0.2, 0.25) is 0 Å². The Kier molecular flexibility index (Phi) is 2.91. The fourth-order valence-electron chi connectivity index (χ4n) is 2.29. The molecule has 4 heteroatoms. The van der Waals surface area contributed by atoms with Crippen molar-refractivity contribution in [2.75, 3.05) is 12.8 Å². The van der Waals surface area contributed by atoms with Crippen molar-refractivity contribution in [3.63, 3.8) is 0 Å². The molecule has 20 heavy (non-hydrogen) atoms. The molecule has 0 atom stereocenters. The van der Waals surface area contributed by atoms with Gasteiger partial charge in [-0.05, 0) is 42.5 Å². The molecule has 3 aromatic rings. The number of nitrogens with zero attached hydrogens (tertiary/aromatic N) is 1. The first-order valence-corrected chi connectivity index (χ1v) is 6.24. The second-order valence-electron chi connectivity index (χ2n) is 4.55. The number of aromatic nitrogens is 1. The molecule has 0 saturated carbocycles. The quantitative estimate of drug-likeness (QED) is 0.573. The van der Waals surface area contributed by atoms with Crippen LogP contribution in [0.15, 0.2) is 54.7 Å². The summed E-state index contributed by atoms with van der Waals surface area (Å²) >= 11 is 0. The molecule has 3 rings (SSSR count). The molecule has 0 spiro atoms. The number of ether oxygens (including phenoxy) is 1. The minimum atomic E-state index is -0.330. The van der Waals surface area contributed by atoms with E-state index in [-0.39, 0.29) is 5.97 Å². The molecule has 0 fully saturated rings. The zero-order chi connectivity index (χ0) is 14.1. The number of carbonyl (C=O) groups is 1. The predicted octanol–water partition coefficient (Wildman–Crippen LogP) is 3.00. The van der Waals surface area contributed by atoms with Gasteiger partial charge in [0.2, 0.25) is 0 Å². The number of hydrogen-bond donors (Lipinski definition) is 1. The number of carbonyl (C=O) groups excluding carboxylic acids is 1. The van der Waals surface area contributed by atoms with Gasteiger partial charge in [-0.15, -0.1) is 0 Å². The Morgan fingerprint density at radius 1 is 1.15 bits per heavy atom. The summed E-state index contributed by atoms with van der Waals surface area (Å²) in [4.78, 5) is 11.5. The molecule has 0 amide bonds. The van der Waals surface area contributed by atoms with Crippen molar-refractivity contribution in [1.82, 2.24) is 4.57 Å². The van der Waals surface area contributed by atoms with E-state index in [2.05, 4.69) is 0 Å². The van der Waals surface area contributed by atoms with Gasteiger partial charge in [-0.2, -0.15) is 0 Å². The molecule has 0 aliphatic rings. The summed E-state index contributed by atoms with van der Waals surface area (Å²) < 4.78 is 6.76. The third-order valence-electron chi connectivity index (χ3n) is 3.26. The van der Waals surface area contributed by atoms with Crippen molar-refractivity contribution >= 4 is 22.6 Å². The molecule has 0 radical (unpaired) electrons.